The smallest absolute Gasteiger partial charge is 0.340 e. The van der Waals surface area contributed by atoms with Crippen molar-refractivity contribution in [3.63, 3.8) is 0 Å². The van der Waals surface area contributed by atoms with Gasteiger partial charge in [-0.1, -0.05) is 0 Å². The highest BCUT2D eigenvalue weighted by Crippen LogP contribution is 2.07. The summed E-state index contributed by atoms with van der Waals surface area (Å²) in [6.07, 6.45) is 2.91. The number of rotatable bonds is 3. The maximum absolute atomic E-state index is 11.3. The summed E-state index contributed by atoms with van der Waals surface area (Å²) in [4.78, 5) is 15.0. The molecule has 0 amide bonds. The number of carbonyl (C=O) groups is 1. The lowest BCUT2D eigenvalue weighted by molar-refractivity contribution is 0.0522. The lowest BCUT2D eigenvalue weighted by atomic mass is 10.1. The monoisotopic (exact) mass is 181 g/mol. The number of aromatic nitrogens is 1. The van der Waals surface area contributed by atoms with Gasteiger partial charge in [0.15, 0.2) is 0 Å². The van der Waals surface area contributed by atoms with E-state index in [4.69, 9.17) is 9.84 Å². The Morgan fingerprint density at radius 1 is 1.69 bits per heavy atom. The summed E-state index contributed by atoms with van der Waals surface area (Å²) >= 11 is 0. The van der Waals surface area contributed by atoms with Crippen molar-refractivity contribution in [2.45, 2.75) is 13.5 Å². The third-order valence-corrected chi connectivity index (χ3v) is 1.58. The van der Waals surface area contributed by atoms with E-state index in [-0.39, 0.29) is 6.61 Å². The molecule has 4 heteroatoms. The number of ether oxygens (including phenoxy) is 1. The Balaban J connectivity index is 2.92. The van der Waals surface area contributed by atoms with E-state index < -0.39 is 5.97 Å². The van der Waals surface area contributed by atoms with Gasteiger partial charge in [-0.05, 0) is 18.6 Å². The van der Waals surface area contributed by atoms with Crippen LogP contribution >= 0.6 is 0 Å². The van der Waals surface area contributed by atoms with Crippen LogP contribution < -0.4 is 0 Å². The number of carbonyl (C=O) groups excluding carboxylic acids is 1. The van der Waals surface area contributed by atoms with E-state index in [1.54, 1.807) is 13.0 Å². The Morgan fingerprint density at radius 3 is 3.08 bits per heavy atom. The van der Waals surface area contributed by atoms with Crippen molar-refractivity contribution in [2.24, 2.45) is 0 Å². The fourth-order valence-electron chi connectivity index (χ4n) is 0.954. The quantitative estimate of drug-likeness (QED) is 0.699. The van der Waals surface area contributed by atoms with Gasteiger partial charge in [0.25, 0.3) is 0 Å². The van der Waals surface area contributed by atoms with Gasteiger partial charge in [0.1, 0.15) is 0 Å². The van der Waals surface area contributed by atoms with Crippen molar-refractivity contribution in [1.29, 1.82) is 0 Å². The number of aliphatic hydroxyl groups is 1. The minimum Gasteiger partial charge on any atom is -0.462 e. The predicted octanol–water partition coefficient (Wildman–Crippen LogP) is 0.751. The fourth-order valence-corrected chi connectivity index (χ4v) is 0.954. The fraction of sp³-hybridized carbons (Fsp3) is 0.333. The third-order valence-electron chi connectivity index (χ3n) is 1.58. The maximum atomic E-state index is 11.3. The molecule has 0 radical (unpaired) electrons. The van der Waals surface area contributed by atoms with E-state index in [9.17, 15) is 4.79 Å². The molecular formula is C9H11NO3. The highest BCUT2D eigenvalue weighted by Gasteiger charge is 2.10. The van der Waals surface area contributed by atoms with Crippen molar-refractivity contribution in [1.82, 2.24) is 4.98 Å². The number of aliphatic hydroxyl groups excluding tert-OH is 1. The molecule has 0 spiro atoms. The zero-order valence-corrected chi connectivity index (χ0v) is 7.36. The molecule has 0 aromatic carbocycles. The Morgan fingerprint density at radius 2 is 2.46 bits per heavy atom. The van der Waals surface area contributed by atoms with Gasteiger partial charge in [0.2, 0.25) is 0 Å². The predicted molar refractivity (Wildman–Crippen MR) is 46.1 cm³/mol. The third kappa shape index (κ3) is 2.26. The highest BCUT2D eigenvalue weighted by molar-refractivity contribution is 5.90. The molecule has 1 heterocycles. The van der Waals surface area contributed by atoms with Gasteiger partial charge in [-0.3, -0.25) is 4.98 Å². The normalized spacial score (nSPS) is 9.69. The second kappa shape index (κ2) is 4.57. The van der Waals surface area contributed by atoms with Crippen LogP contribution in [-0.2, 0) is 11.3 Å². The standard InChI is InChI=1S/C9H11NO3/c1-2-13-9(12)8-5-10-4-3-7(8)6-11/h3-5,11H,2,6H2,1H3. The first-order chi connectivity index (χ1) is 6.29. The maximum Gasteiger partial charge on any atom is 0.340 e. The zero-order valence-electron chi connectivity index (χ0n) is 7.36. The van der Waals surface area contributed by atoms with E-state index in [2.05, 4.69) is 4.98 Å². The summed E-state index contributed by atoms with van der Waals surface area (Å²) in [7, 11) is 0. The molecule has 1 aromatic heterocycles. The molecule has 0 saturated heterocycles. The molecule has 0 unspecified atom stereocenters. The first kappa shape index (κ1) is 9.67. The Labute approximate surface area is 76.2 Å². The lowest BCUT2D eigenvalue weighted by Gasteiger charge is -2.04. The van der Waals surface area contributed by atoms with Crippen molar-refractivity contribution >= 4 is 5.97 Å². The summed E-state index contributed by atoms with van der Waals surface area (Å²) < 4.78 is 4.78. The van der Waals surface area contributed by atoms with Gasteiger partial charge < -0.3 is 9.84 Å². The van der Waals surface area contributed by atoms with E-state index in [1.165, 1.54) is 12.4 Å². The summed E-state index contributed by atoms with van der Waals surface area (Å²) in [5, 5.41) is 8.90. The molecule has 1 rings (SSSR count). The van der Waals surface area contributed by atoms with E-state index in [0.29, 0.717) is 17.7 Å². The zero-order chi connectivity index (χ0) is 9.68. The van der Waals surface area contributed by atoms with E-state index in [0.717, 1.165) is 0 Å². The SMILES string of the molecule is CCOC(=O)c1cnccc1CO. The molecular weight excluding hydrogens is 170 g/mol. The minimum absolute atomic E-state index is 0.184. The van der Waals surface area contributed by atoms with Crippen LogP contribution in [0, 0.1) is 0 Å². The van der Waals surface area contributed by atoms with Gasteiger partial charge >= 0.3 is 5.97 Å². The molecule has 1 aromatic rings. The van der Waals surface area contributed by atoms with Crippen molar-refractivity contribution in [3.05, 3.63) is 29.6 Å². The van der Waals surface area contributed by atoms with Gasteiger partial charge in [-0.15, -0.1) is 0 Å². The van der Waals surface area contributed by atoms with Crippen LogP contribution in [-0.4, -0.2) is 22.7 Å². The number of pyridine rings is 1. The van der Waals surface area contributed by atoms with Crippen LogP contribution in [0.2, 0.25) is 0 Å². The largest absolute Gasteiger partial charge is 0.462 e. The first-order valence-corrected chi connectivity index (χ1v) is 4.00. The average molecular weight is 181 g/mol. The van der Waals surface area contributed by atoms with Crippen molar-refractivity contribution in [2.75, 3.05) is 6.61 Å². The van der Waals surface area contributed by atoms with Crippen molar-refractivity contribution in [3.8, 4) is 0 Å². The van der Waals surface area contributed by atoms with Crippen LogP contribution in [0.3, 0.4) is 0 Å². The van der Waals surface area contributed by atoms with Gasteiger partial charge in [-0.2, -0.15) is 0 Å². The highest BCUT2D eigenvalue weighted by atomic mass is 16.5. The topological polar surface area (TPSA) is 59.4 Å². The molecule has 0 saturated carbocycles. The molecule has 0 aliphatic carbocycles. The van der Waals surface area contributed by atoms with Crippen LogP contribution in [0.5, 0.6) is 0 Å². The molecule has 0 atom stereocenters. The first-order valence-electron chi connectivity index (χ1n) is 4.00. The second-order valence-corrected chi connectivity index (χ2v) is 2.41. The Kier molecular flexibility index (Phi) is 3.40. The van der Waals surface area contributed by atoms with Crippen molar-refractivity contribution < 1.29 is 14.6 Å². The lowest BCUT2D eigenvalue weighted by Crippen LogP contribution is -2.08. The van der Waals surface area contributed by atoms with E-state index in [1.807, 2.05) is 0 Å². The van der Waals surface area contributed by atoms with Gasteiger partial charge in [0.05, 0.1) is 18.8 Å². The Hall–Kier alpha value is -1.42. The van der Waals surface area contributed by atoms with Crippen LogP contribution in [0.25, 0.3) is 0 Å². The molecule has 0 fully saturated rings. The van der Waals surface area contributed by atoms with Crippen LogP contribution in [0.15, 0.2) is 18.5 Å². The molecule has 0 aliphatic heterocycles. The molecule has 1 N–H and O–H groups in total. The summed E-state index contributed by atoms with van der Waals surface area (Å²) in [5.74, 6) is -0.445. The van der Waals surface area contributed by atoms with Gasteiger partial charge in [-0.25, -0.2) is 4.79 Å². The Bertz CT molecular complexity index is 299. The van der Waals surface area contributed by atoms with Crippen LogP contribution in [0.1, 0.15) is 22.8 Å². The molecule has 70 valence electrons. The molecule has 4 nitrogen and oxygen atoms in total. The number of esters is 1. The number of hydrogen-bond donors (Lipinski definition) is 1. The molecule has 0 bridgehead atoms. The van der Waals surface area contributed by atoms with Gasteiger partial charge in [0, 0.05) is 12.4 Å². The molecule has 13 heavy (non-hydrogen) atoms. The molecule has 0 aliphatic rings. The average Bonchev–Trinajstić information content (AvgIpc) is 2.18. The van der Waals surface area contributed by atoms with E-state index >= 15 is 0 Å². The minimum atomic E-state index is -0.445. The number of nitrogens with zero attached hydrogens (tertiary/aromatic N) is 1. The summed E-state index contributed by atoms with van der Waals surface area (Å²) in [5.41, 5.74) is 0.861. The second-order valence-electron chi connectivity index (χ2n) is 2.41. The summed E-state index contributed by atoms with van der Waals surface area (Å²) in [6.45, 7) is 1.86. The summed E-state index contributed by atoms with van der Waals surface area (Å²) in [6, 6.07) is 1.59. The number of hydrogen-bond acceptors (Lipinski definition) is 4. The van der Waals surface area contributed by atoms with Crippen LogP contribution in [0.4, 0.5) is 0 Å².